The predicted octanol–water partition coefficient (Wildman–Crippen LogP) is 4.63. The number of aliphatic hydroxyl groups excluding tert-OH is 2. The molecule has 4 N–H and O–H groups in total. The quantitative estimate of drug-likeness (QED) is 0.319. The molecule has 0 spiro atoms. The number of halogens is 1. The molecule has 0 amide bonds. The van der Waals surface area contributed by atoms with Crippen molar-refractivity contribution in [2.75, 3.05) is 6.61 Å². The fourth-order valence-corrected chi connectivity index (χ4v) is 3.73. The van der Waals surface area contributed by atoms with Crippen LogP contribution >= 0.6 is 23.7 Å². The van der Waals surface area contributed by atoms with E-state index in [2.05, 4.69) is 6.92 Å². The Morgan fingerprint density at radius 2 is 1.64 bits per heavy atom. The second kappa shape index (κ2) is 14.7. The molecule has 4 nitrogen and oxygen atoms in total. The van der Waals surface area contributed by atoms with Crippen molar-refractivity contribution in [2.24, 2.45) is 5.73 Å². The van der Waals surface area contributed by atoms with Crippen LogP contribution < -0.4 is 5.73 Å². The fourth-order valence-electron chi connectivity index (χ4n) is 2.69. The molecule has 0 fully saturated rings. The van der Waals surface area contributed by atoms with Crippen LogP contribution in [0.2, 0.25) is 0 Å². The van der Waals surface area contributed by atoms with Crippen LogP contribution in [0.15, 0.2) is 12.1 Å². The van der Waals surface area contributed by atoms with Crippen molar-refractivity contribution >= 4 is 29.5 Å². The van der Waals surface area contributed by atoms with Crippen molar-refractivity contribution in [3.8, 4) is 0 Å². The Kier molecular flexibility index (Phi) is 14.4. The van der Waals surface area contributed by atoms with Gasteiger partial charge in [-0.15, -0.1) is 23.7 Å². The summed E-state index contributed by atoms with van der Waals surface area (Å²) in [4.78, 5) is 13.5. The van der Waals surface area contributed by atoms with Crippen LogP contribution in [0.1, 0.15) is 91.8 Å². The maximum absolute atomic E-state index is 12.2. The van der Waals surface area contributed by atoms with E-state index in [9.17, 15) is 9.90 Å². The summed E-state index contributed by atoms with van der Waals surface area (Å²) in [5, 5.41) is 18.9. The van der Waals surface area contributed by atoms with Crippen molar-refractivity contribution in [2.45, 2.75) is 83.3 Å². The highest BCUT2D eigenvalue weighted by atomic mass is 35.5. The number of hydrogen-bond acceptors (Lipinski definition) is 5. The highest BCUT2D eigenvalue weighted by molar-refractivity contribution is 7.14. The zero-order chi connectivity index (χ0) is 17.8. The second-order valence-corrected chi connectivity index (χ2v) is 7.61. The summed E-state index contributed by atoms with van der Waals surface area (Å²) < 4.78 is 0. The van der Waals surface area contributed by atoms with Crippen LogP contribution in [0.4, 0.5) is 0 Å². The molecule has 0 aliphatic rings. The molecule has 146 valence electrons. The zero-order valence-corrected chi connectivity index (χ0v) is 16.9. The summed E-state index contributed by atoms with van der Waals surface area (Å²) in [5.74, 6) is 0.138. The molecule has 2 unspecified atom stereocenters. The minimum absolute atomic E-state index is 0. The number of thiophene rings is 1. The molecule has 0 saturated carbocycles. The summed E-state index contributed by atoms with van der Waals surface area (Å²) >= 11 is 1.28. The van der Waals surface area contributed by atoms with Gasteiger partial charge in [-0.1, -0.05) is 58.3 Å². The number of ketones is 1. The van der Waals surface area contributed by atoms with E-state index in [-0.39, 0.29) is 24.8 Å². The Morgan fingerprint density at radius 1 is 1.08 bits per heavy atom. The lowest BCUT2D eigenvalue weighted by molar-refractivity contribution is 0.0983. The summed E-state index contributed by atoms with van der Waals surface area (Å²) in [6, 6.07) is 2.78. The first-order valence-electron chi connectivity index (χ1n) is 9.27. The molecule has 1 aromatic rings. The Balaban J connectivity index is 0.00000576. The topological polar surface area (TPSA) is 83.5 Å². The summed E-state index contributed by atoms with van der Waals surface area (Å²) in [6.45, 7) is 1.95. The largest absolute Gasteiger partial charge is 0.395 e. The average Bonchev–Trinajstić information content (AvgIpc) is 3.08. The predicted molar refractivity (Wildman–Crippen MR) is 108 cm³/mol. The molecule has 0 bridgehead atoms. The molecule has 1 heterocycles. The van der Waals surface area contributed by atoms with Gasteiger partial charge >= 0.3 is 0 Å². The van der Waals surface area contributed by atoms with Gasteiger partial charge in [0.25, 0.3) is 0 Å². The van der Waals surface area contributed by atoms with Crippen LogP contribution in [-0.4, -0.2) is 28.6 Å². The molecule has 0 aromatic carbocycles. The van der Waals surface area contributed by atoms with Gasteiger partial charge in [0, 0.05) is 11.3 Å². The minimum atomic E-state index is -0.908. The molecule has 25 heavy (non-hydrogen) atoms. The van der Waals surface area contributed by atoms with E-state index in [0.29, 0.717) is 16.2 Å². The number of rotatable bonds is 14. The van der Waals surface area contributed by atoms with E-state index in [0.717, 1.165) is 12.8 Å². The maximum Gasteiger partial charge on any atom is 0.172 e. The van der Waals surface area contributed by atoms with Gasteiger partial charge in [-0.3, -0.25) is 4.79 Å². The normalized spacial score (nSPS) is 13.3. The molecule has 0 aliphatic carbocycles. The van der Waals surface area contributed by atoms with E-state index in [1.54, 1.807) is 12.1 Å². The lowest BCUT2D eigenvalue weighted by Crippen LogP contribution is -2.31. The SMILES string of the molecule is CCCCCCCCCCCC(=O)c1ccc(C(O)C(N)CO)s1.Cl. The van der Waals surface area contributed by atoms with Crippen LogP contribution in [0, 0.1) is 0 Å². The third-order valence-corrected chi connectivity index (χ3v) is 5.51. The lowest BCUT2D eigenvalue weighted by Gasteiger charge is -2.14. The number of carbonyl (C=O) groups is 1. The molecule has 6 heteroatoms. The highest BCUT2D eigenvalue weighted by Gasteiger charge is 2.19. The van der Waals surface area contributed by atoms with E-state index in [1.165, 1.54) is 56.3 Å². The number of carbonyl (C=O) groups excluding carboxylic acids is 1. The van der Waals surface area contributed by atoms with Crippen molar-refractivity contribution in [3.63, 3.8) is 0 Å². The van der Waals surface area contributed by atoms with Gasteiger partial charge in [0.05, 0.1) is 17.5 Å². The van der Waals surface area contributed by atoms with Crippen molar-refractivity contribution in [1.82, 2.24) is 0 Å². The second-order valence-electron chi connectivity index (χ2n) is 6.49. The van der Waals surface area contributed by atoms with Gasteiger partial charge in [-0.25, -0.2) is 0 Å². The van der Waals surface area contributed by atoms with Crippen LogP contribution in [0.25, 0.3) is 0 Å². The number of nitrogens with two attached hydrogens (primary N) is 1. The number of unbranched alkanes of at least 4 members (excludes halogenated alkanes) is 8. The molecule has 1 rings (SSSR count). The monoisotopic (exact) mass is 391 g/mol. The lowest BCUT2D eigenvalue weighted by atomic mass is 10.1. The fraction of sp³-hybridized carbons (Fsp3) is 0.737. The smallest absolute Gasteiger partial charge is 0.172 e. The van der Waals surface area contributed by atoms with Gasteiger partial charge in [0.2, 0.25) is 0 Å². The first-order valence-corrected chi connectivity index (χ1v) is 10.1. The van der Waals surface area contributed by atoms with E-state index >= 15 is 0 Å². The molecule has 2 atom stereocenters. The number of Topliss-reactive ketones (excluding diaryl/α,β-unsaturated/α-hetero) is 1. The van der Waals surface area contributed by atoms with Gasteiger partial charge in [-0.2, -0.15) is 0 Å². The van der Waals surface area contributed by atoms with Crippen LogP contribution in [-0.2, 0) is 0 Å². The van der Waals surface area contributed by atoms with E-state index in [1.807, 2.05) is 0 Å². The zero-order valence-electron chi connectivity index (χ0n) is 15.3. The number of hydrogen-bond donors (Lipinski definition) is 3. The van der Waals surface area contributed by atoms with Gasteiger partial charge in [-0.05, 0) is 18.6 Å². The molecular formula is C19H34ClNO3S. The van der Waals surface area contributed by atoms with Gasteiger partial charge < -0.3 is 15.9 Å². The third-order valence-electron chi connectivity index (χ3n) is 4.32. The van der Waals surface area contributed by atoms with E-state index in [4.69, 9.17) is 10.8 Å². The van der Waals surface area contributed by atoms with Crippen LogP contribution in [0.5, 0.6) is 0 Å². The first kappa shape index (κ1) is 24.5. The Hall–Kier alpha value is -0.460. The average molecular weight is 392 g/mol. The van der Waals surface area contributed by atoms with Gasteiger partial charge in [0.15, 0.2) is 5.78 Å². The molecule has 0 aliphatic heterocycles. The summed E-state index contributed by atoms with van der Waals surface area (Å²) in [5.41, 5.74) is 5.62. The van der Waals surface area contributed by atoms with Crippen molar-refractivity contribution < 1.29 is 15.0 Å². The van der Waals surface area contributed by atoms with Crippen molar-refractivity contribution in [1.29, 1.82) is 0 Å². The maximum atomic E-state index is 12.2. The summed E-state index contributed by atoms with van der Waals surface area (Å²) in [7, 11) is 0. The Labute approximate surface area is 162 Å². The Morgan fingerprint density at radius 3 is 2.20 bits per heavy atom. The van der Waals surface area contributed by atoms with Crippen molar-refractivity contribution in [3.05, 3.63) is 21.9 Å². The molecule has 0 radical (unpaired) electrons. The summed E-state index contributed by atoms with van der Waals surface area (Å²) in [6.07, 6.45) is 10.8. The molecular weight excluding hydrogens is 358 g/mol. The minimum Gasteiger partial charge on any atom is -0.395 e. The molecule has 1 aromatic heterocycles. The highest BCUT2D eigenvalue weighted by Crippen LogP contribution is 2.26. The van der Waals surface area contributed by atoms with Crippen LogP contribution in [0.3, 0.4) is 0 Å². The van der Waals surface area contributed by atoms with E-state index < -0.39 is 12.1 Å². The third kappa shape index (κ3) is 9.71. The Bertz CT molecular complexity index is 467. The number of aliphatic hydroxyl groups is 2. The standard InChI is InChI=1S/C19H33NO3S.ClH/c1-2-3-4-5-6-7-8-9-10-11-16(22)17-12-13-18(24-17)19(23)15(20)14-21;/h12-13,15,19,21,23H,2-11,14,20H2,1H3;1H. The molecule has 0 saturated heterocycles. The van der Waals surface area contributed by atoms with Gasteiger partial charge in [0.1, 0.15) is 6.10 Å². The first-order chi connectivity index (χ1) is 11.6.